The lowest BCUT2D eigenvalue weighted by Crippen LogP contribution is -2.50. The van der Waals surface area contributed by atoms with Gasteiger partial charge >= 0.3 is 0 Å². The molecule has 5 nitrogen and oxygen atoms in total. The summed E-state index contributed by atoms with van der Waals surface area (Å²) in [6, 6.07) is 16.0. The summed E-state index contributed by atoms with van der Waals surface area (Å²) in [6.45, 7) is 3.18. The first kappa shape index (κ1) is 20.2. The number of methoxy groups -OCH3 is 2. The zero-order valence-corrected chi connectivity index (χ0v) is 16.9. The van der Waals surface area contributed by atoms with Crippen LogP contribution in [0.5, 0.6) is 11.5 Å². The number of rotatable bonds is 7. The van der Waals surface area contributed by atoms with Gasteiger partial charge in [-0.25, -0.2) is 0 Å². The lowest BCUT2D eigenvalue weighted by Gasteiger charge is -2.37. The van der Waals surface area contributed by atoms with E-state index in [9.17, 15) is 4.79 Å². The van der Waals surface area contributed by atoms with E-state index in [-0.39, 0.29) is 11.9 Å². The number of ether oxygens (including phenoxy) is 3. The summed E-state index contributed by atoms with van der Waals surface area (Å²) in [5.74, 6) is 1.34. The fraction of sp³-hybridized carbons (Fsp3) is 0.435. The van der Waals surface area contributed by atoms with Crippen molar-refractivity contribution in [1.82, 2.24) is 5.32 Å². The van der Waals surface area contributed by atoms with Crippen molar-refractivity contribution in [3.05, 3.63) is 59.7 Å². The first-order chi connectivity index (χ1) is 13.6. The lowest BCUT2D eigenvalue weighted by molar-refractivity contribution is -0.131. The van der Waals surface area contributed by atoms with Gasteiger partial charge in [-0.1, -0.05) is 36.4 Å². The maximum absolute atomic E-state index is 13.4. The molecule has 1 saturated heterocycles. The van der Waals surface area contributed by atoms with Crippen LogP contribution < -0.4 is 14.8 Å². The Kier molecular flexibility index (Phi) is 6.57. The van der Waals surface area contributed by atoms with Crippen molar-refractivity contribution in [3.8, 4) is 11.5 Å². The third-order valence-electron chi connectivity index (χ3n) is 5.48. The lowest BCUT2D eigenvalue weighted by atomic mass is 9.73. The predicted octanol–water partition coefficient (Wildman–Crippen LogP) is 3.50. The van der Waals surface area contributed by atoms with Crippen molar-refractivity contribution in [1.29, 1.82) is 0 Å². The van der Waals surface area contributed by atoms with Gasteiger partial charge in [0.25, 0.3) is 0 Å². The molecule has 0 spiro atoms. The van der Waals surface area contributed by atoms with Gasteiger partial charge < -0.3 is 19.5 Å². The molecule has 1 atom stereocenters. The Balaban J connectivity index is 1.83. The Morgan fingerprint density at radius 2 is 1.75 bits per heavy atom. The second-order valence-electron chi connectivity index (χ2n) is 7.33. The number of amides is 1. The molecule has 1 unspecified atom stereocenters. The highest BCUT2D eigenvalue weighted by Crippen LogP contribution is 2.39. The van der Waals surface area contributed by atoms with E-state index in [1.807, 2.05) is 43.3 Å². The maximum Gasteiger partial charge on any atom is 0.231 e. The smallest absolute Gasteiger partial charge is 0.231 e. The van der Waals surface area contributed by atoms with E-state index in [4.69, 9.17) is 14.2 Å². The first-order valence-electron chi connectivity index (χ1n) is 9.74. The van der Waals surface area contributed by atoms with Crippen molar-refractivity contribution in [2.75, 3.05) is 27.4 Å². The number of carbonyl (C=O) groups excluding carboxylic acids is 1. The maximum atomic E-state index is 13.4. The van der Waals surface area contributed by atoms with Crippen LogP contribution in [-0.4, -0.2) is 39.4 Å². The van der Waals surface area contributed by atoms with E-state index < -0.39 is 5.41 Å². The molecule has 1 N–H and O–H groups in total. The number of hydrogen-bond donors (Lipinski definition) is 1. The third-order valence-corrected chi connectivity index (χ3v) is 5.48. The molecule has 28 heavy (non-hydrogen) atoms. The van der Waals surface area contributed by atoms with Crippen LogP contribution in [0.25, 0.3) is 0 Å². The largest absolute Gasteiger partial charge is 0.493 e. The zero-order chi connectivity index (χ0) is 20.0. The van der Waals surface area contributed by atoms with Gasteiger partial charge in [0.1, 0.15) is 0 Å². The standard InChI is InChI=1S/C23H29NO4/c1-17(15-18-7-5-4-6-8-18)24-22(25)23(11-13-28-14-12-23)19-9-10-20(26-2)21(16-19)27-3/h4-10,16-17H,11-15H2,1-3H3,(H,24,25). The van der Waals surface area contributed by atoms with E-state index in [1.54, 1.807) is 14.2 Å². The monoisotopic (exact) mass is 383 g/mol. The summed E-state index contributed by atoms with van der Waals surface area (Å²) < 4.78 is 16.4. The fourth-order valence-corrected chi connectivity index (χ4v) is 3.88. The molecule has 0 aliphatic carbocycles. The Labute approximate surface area is 167 Å². The van der Waals surface area contributed by atoms with Crippen LogP contribution in [0.1, 0.15) is 30.9 Å². The van der Waals surface area contributed by atoms with E-state index in [1.165, 1.54) is 5.56 Å². The molecule has 5 heteroatoms. The topological polar surface area (TPSA) is 56.8 Å². The molecule has 3 rings (SSSR count). The van der Waals surface area contributed by atoms with Crippen molar-refractivity contribution >= 4 is 5.91 Å². The Morgan fingerprint density at radius 1 is 1.07 bits per heavy atom. The molecule has 1 aliphatic rings. The highest BCUT2D eigenvalue weighted by atomic mass is 16.5. The van der Waals surface area contributed by atoms with E-state index >= 15 is 0 Å². The zero-order valence-electron chi connectivity index (χ0n) is 16.9. The minimum absolute atomic E-state index is 0.0368. The van der Waals surface area contributed by atoms with Crippen LogP contribution in [0.15, 0.2) is 48.5 Å². The van der Waals surface area contributed by atoms with Gasteiger partial charge in [-0.15, -0.1) is 0 Å². The highest BCUT2D eigenvalue weighted by Gasteiger charge is 2.42. The number of benzene rings is 2. The molecule has 0 aromatic heterocycles. The number of nitrogens with one attached hydrogen (secondary N) is 1. The molecule has 1 heterocycles. The molecular weight excluding hydrogens is 354 g/mol. The van der Waals surface area contributed by atoms with Crippen LogP contribution in [-0.2, 0) is 21.4 Å². The van der Waals surface area contributed by atoms with Crippen molar-refractivity contribution < 1.29 is 19.0 Å². The summed E-state index contributed by atoms with van der Waals surface area (Å²) in [5, 5.41) is 3.24. The van der Waals surface area contributed by atoms with Gasteiger partial charge in [-0.2, -0.15) is 0 Å². The van der Waals surface area contributed by atoms with Gasteiger partial charge in [0.15, 0.2) is 11.5 Å². The quantitative estimate of drug-likeness (QED) is 0.795. The first-order valence-corrected chi connectivity index (χ1v) is 9.74. The second kappa shape index (κ2) is 9.11. The molecule has 0 radical (unpaired) electrons. The molecule has 150 valence electrons. The van der Waals surface area contributed by atoms with E-state index in [0.29, 0.717) is 37.6 Å². The molecule has 1 amide bonds. The van der Waals surface area contributed by atoms with Crippen LogP contribution >= 0.6 is 0 Å². The van der Waals surface area contributed by atoms with E-state index in [0.717, 1.165) is 12.0 Å². The number of carbonyl (C=O) groups is 1. The van der Waals surface area contributed by atoms with Gasteiger partial charge in [-0.3, -0.25) is 4.79 Å². The van der Waals surface area contributed by atoms with Gasteiger partial charge in [-0.05, 0) is 49.4 Å². The molecule has 0 bridgehead atoms. The van der Waals surface area contributed by atoms with Crippen LogP contribution in [0.2, 0.25) is 0 Å². The number of hydrogen-bond acceptors (Lipinski definition) is 4. The highest BCUT2D eigenvalue weighted by molar-refractivity contribution is 5.89. The molecule has 0 saturated carbocycles. The fourth-order valence-electron chi connectivity index (χ4n) is 3.88. The van der Waals surface area contributed by atoms with Crippen LogP contribution in [0.4, 0.5) is 0 Å². The third kappa shape index (κ3) is 4.30. The summed E-state index contributed by atoms with van der Waals surface area (Å²) in [7, 11) is 3.22. The van der Waals surface area contributed by atoms with Gasteiger partial charge in [0.2, 0.25) is 5.91 Å². The predicted molar refractivity (Wildman–Crippen MR) is 109 cm³/mol. The second-order valence-corrected chi connectivity index (χ2v) is 7.33. The van der Waals surface area contributed by atoms with Crippen LogP contribution in [0.3, 0.4) is 0 Å². The minimum Gasteiger partial charge on any atom is -0.493 e. The molecular formula is C23H29NO4. The van der Waals surface area contributed by atoms with Gasteiger partial charge in [0, 0.05) is 19.3 Å². The average molecular weight is 383 g/mol. The average Bonchev–Trinajstić information content (AvgIpc) is 2.74. The molecule has 1 fully saturated rings. The van der Waals surface area contributed by atoms with Crippen LogP contribution in [0, 0.1) is 0 Å². The van der Waals surface area contributed by atoms with Crippen molar-refractivity contribution in [3.63, 3.8) is 0 Å². The molecule has 2 aromatic rings. The summed E-state index contributed by atoms with van der Waals surface area (Å²) in [6.07, 6.45) is 2.09. The summed E-state index contributed by atoms with van der Waals surface area (Å²) >= 11 is 0. The van der Waals surface area contributed by atoms with Gasteiger partial charge in [0.05, 0.1) is 19.6 Å². The summed E-state index contributed by atoms with van der Waals surface area (Å²) in [4.78, 5) is 13.4. The Bertz CT molecular complexity index is 784. The SMILES string of the molecule is COc1ccc(C2(C(=O)NC(C)Cc3ccccc3)CCOCC2)cc1OC. The minimum atomic E-state index is -0.622. The van der Waals surface area contributed by atoms with Crippen molar-refractivity contribution in [2.24, 2.45) is 0 Å². The Morgan fingerprint density at radius 3 is 2.39 bits per heavy atom. The normalized spacial score (nSPS) is 16.8. The Hall–Kier alpha value is -2.53. The van der Waals surface area contributed by atoms with E-state index in [2.05, 4.69) is 17.4 Å². The summed E-state index contributed by atoms with van der Waals surface area (Å²) in [5.41, 5.74) is 1.53. The molecule has 2 aromatic carbocycles. The van der Waals surface area contributed by atoms with Crippen molar-refractivity contribution in [2.45, 2.75) is 37.6 Å². The molecule has 1 aliphatic heterocycles.